The highest BCUT2D eigenvalue weighted by Gasteiger charge is 2.18. The molecule has 1 heterocycles. The van der Waals surface area contributed by atoms with Crippen LogP contribution in [0.5, 0.6) is 0 Å². The number of rotatable bonds is 5. The second-order valence-corrected chi connectivity index (χ2v) is 4.77. The Hall–Kier alpha value is -1.36. The van der Waals surface area contributed by atoms with Gasteiger partial charge in [0.05, 0.1) is 26.0 Å². The van der Waals surface area contributed by atoms with E-state index in [2.05, 4.69) is 18.9 Å². The van der Waals surface area contributed by atoms with Crippen LogP contribution < -0.4 is 4.90 Å². The van der Waals surface area contributed by atoms with Gasteiger partial charge in [-0.25, -0.2) is 9.48 Å². The highest BCUT2D eigenvalue weighted by atomic mass is 16.4. The average molecular weight is 226 g/mol. The fourth-order valence-electron chi connectivity index (χ4n) is 1.63. The summed E-state index contributed by atoms with van der Waals surface area (Å²) in [6.07, 6.45) is 2.19. The van der Waals surface area contributed by atoms with Crippen molar-refractivity contribution in [2.75, 3.05) is 14.1 Å². The molecule has 0 fully saturated rings. The maximum atomic E-state index is 11.0. The Morgan fingerprint density at radius 3 is 2.62 bits per heavy atom. The van der Waals surface area contributed by atoms with Crippen LogP contribution in [0, 0.1) is 5.92 Å². The molecule has 0 bridgehead atoms. The lowest BCUT2D eigenvalue weighted by Gasteiger charge is -2.12. The van der Waals surface area contributed by atoms with Crippen molar-refractivity contribution in [2.24, 2.45) is 5.92 Å². The van der Waals surface area contributed by atoms with Crippen molar-refractivity contribution in [3.63, 3.8) is 0 Å². The molecule has 2 N–H and O–H groups in total. The lowest BCUT2D eigenvalue weighted by Crippen LogP contribution is -3.05. The van der Waals surface area contributed by atoms with E-state index in [0.717, 1.165) is 12.1 Å². The van der Waals surface area contributed by atoms with Crippen LogP contribution in [-0.4, -0.2) is 35.0 Å². The first kappa shape index (κ1) is 12.7. The molecule has 0 saturated carbocycles. The smallest absolute Gasteiger partial charge is 0.339 e. The number of nitrogens with one attached hydrogen (secondary N) is 1. The van der Waals surface area contributed by atoms with Crippen LogP contribution in [0.25, 0.3) is 0 Å². The van der Waals surface area contributed by atoms with E-state index in [1.807, 2.05) is 14.1 Å². The predicted molar refractivity (Wildman–Crippen MR) is 60.5 cm³/mol. The normalized spacial score (nSPS) is 11.4. The van der Waals surface area contributed by atoms with Crippen LogP contribution in [-0.2, 0) is 13.1 Å². The Labute approximate surface area is 95.7 Å². The van der Waals surface area contributed by atoms with Gasteiger partial charge >= 0.3 is 5.97 Å². The lowest BCUT2D eigenvalue weighted by atomic mass is 10.1. The molecule has 1 aromatic heterocycles. The van der Waals surface area contributed by atoms with E-state index in [1.54, 1.807) is 4.68 Å². The van der Waals surface area contributed by atoms with Gasteiger partial charge in [-0.15, -0.1) is 0 Å². The van der Waals surface area contributed by atoms with Gasteiger partial charge in [0, 0.05) is 0 Å². The number of quaternary nitrogens is 1. The molecule has 0 aliphatic carbocycles. The van der Waals surface area contributed by atoms with Crippen LogP contribution >= 0.6 is 0 Å². The second kappa shape index (κ2) is 5.12. The highest BCUT2D eigenvalue weighted by Crippen LogP contribution is 2.13. The number of hydrogen-bond acceptors (Lipinski definition) is 2. The summed E-state index contributed by atoms with van der Waals surface area (Å²) in [6, 6.07) is 0. The van der Waals surface area contributed by atoms with E-state index in [4.69, 9.17) is 5.11 Å². The first-order valence-corrected chi connectivity index (χ1v) is 5.48. The third kappa shape index (κ3) is 3.06. The summed E-state index contributed by atoms with van der Waals surface area (Å²) < 4.78 is 1.79. The molecule has 0 spiro atoms. The Kier molecular flexibility index (Phi) is 4.06. The molecule has 0 saturated heterocycles. The lowest BCUT2D eigenvalue weighted by molar-refractivity contribution is -0.883. The topological polar surface area (TPSA) is 59.6 Å². The number of aromatic carboxylic acids is 1. The van der Waals surface area contributed by atoms with Crippen molar-refractivity contribution in [1.82, 2.24) is 9.78 Å². The quantitative estimate of drug-likeness (QED) is 0.736. The summed E-state index contributed by atoms with van der Waals surface area (Å²) in [5.74, 6) is -0.471. The SMILES string of the molecule is CC(C)Cc1c(C(=O)O)cnn1C[NH+](C)C. The van der Waals surface area contributed by atoms with Crippen LogP contribution in [0.3, 0.4) is 0 Å². The Morgan fingerprint density at radius 1 is 1.56 bits per heavy atom. The molecule has 5 heteroatoms. The molecule has 1 aromatic rings. The minimum Gasteiger partial charge on any atom is -0.478 e. The third-order valence-corrected chi connectivity index (χ3v) is 2.25. The minimum atomic E-state index is -0.893. The van der Waals surface area contributed by atoms with E-state index in [0.29, 0.717) is 18.2 Å². The highest BCUT2D eigenvalue weighted by molar-refractivity contribution is 5.88. The van der Waals surface area contributed by atoms with Crippen LogP contribution in [0.1, 0.15) is 29.9 Å². The van der Waals surface area contributed by atoms with E-state index < -0.39 is 5.97 Å². The molecule has 90 valence electrons. The molecule has 1 rings (SSSR count). The summed E-state index contributed by atoms with van der Waals surface area (Å²) in [5, 5.41) is 13.2. The van der Waals surface area contributed by atoms with Crippen molar-refractivity contribution in [1.29, 1.82) is 0 Å². The van der Waals surface area contributed by atoms with Crippen molar-refractivity contribution in [3.8, 4) is 0 Å². The van der Waals surface area contributed by atoms with Crippen LogP contribution in [0.15, 0.2) is 6.20 Å². The summed E-state index contributed by atoms with van der Waals surface area (Å²) in [7, 11) is 4.03. The minimum absolute atomic E-state index is 0.329. The van der Waals surface area contributed by atoms with Gasteiger partial charge in [-0.2, -0.15) is 5.10 Å². The number of carboxylic acids is 1. The molecule has 0 unspecified atom stereocenters. The van der Waals surface area contributed by atoms with E-state index in [-0.39, 0.29) is 0 Å². The van der Waals surface area contributed by atoms with E-state index in [9.17, 15) is 4.79 Å². The maximum absolute atomic E-state index is 11.0. The fraction of sp³-hybridized carbons (Fsp3) is 0.636. The zero-order valence-corrected chi connectivity index (χ0v) is 10.3. The van der Waals surface area contributed by atoms with Gasteiger partial charge in [-0.3, -0.25) is 0 Å². The molecule has 16 heavy (non-hydrogen) atoms. The van der Waals surface area contributed by atoms with Gasteiger partial charge < -0.3 is 10.0 Å². The molecule has 0 atom stereocenters. The van der Waals surface area contributed by atoms with E-state index in [1.165, 1.54) is 11.1 Å². The van der Waals surface area contributed by atoms with Gasteiger partial charge in [0.25, 0.3) is 0 Å². The Balaban J connectivity index is 3.03. The van der Waals surface area contributed by atoms with Gasteiger partial charge in [0.1, 0.15) is 5.56 Å². The zero-order valence-electron chi connectivity index (χ0n) is 10.3. The van der Waals surface area contributed by atoms with Gasteiger partial charge in [0.2, 0.25) is 0 Å². The zero-order chi connectivity index (χ0) is 12.3. The van der Waals surface area contributed by atoms with Crippen molar-refractivity contribution < 1.29 is 14.8 Å². The second-order valence-electron chi connectivity index (χ2n) is 4.77. The first-order chi connectivity index (χ1) is 7.41. The standard InChI is InChI=1S/C11H19N3O2/c1-8(2)5-10-9(11(15)16)6-12-14(10)7-13(3)4/h6,8H,5,7H2,1-4H3,(H,15,16)/p+1. The van der Waals surface area contributed by atoms with Crippen LogP contribution in [0.2, 0.25) is 0 Å². The Morgan fingerprint density at radius 2 is 2.19 bits per heavy atom. The molecular weight excluding hydrogens is 206 g/mol. The molecule has 0 aromatic carbocycles. The number of nitrogens with zero attached hydrogens (tertiary/aromatic N) is 2. The van der Waals surface area contributed by atoms with Gasteiger partial charge in [-0.1, -0.05) is 13.8 Å². The molecule has 0 amide bonds. The number of carboxylic acid groups (broad SMARTS) is 1. The molecule has 5 nitrogen and oxygen atoms in total. The largest absolute Gasteiger partial charge is 0.478 e. The fourth-order valence-corrected chi connectivity index (χ4v) is 1.63. The molecular formula is C11H20N3O2+. The number of carbonyl (C=O) groups is 1. The van der Waals surface area contributed by atoms with Gasteiger partial charge in [-0.05, 0) is 12.3 Å². The Bertz CT molecular complexity index is 369. The van der Waals surface area contributed by atoms with Crippen molar-refractivity contribution >= 4 is 5.97 Å². The predicted octanol–water partition coefficient (Wildman–Crippen LogP) is -0.118. The third-order valence-electron chi connectivity index (χ3n) is 2.25. The van der Waals surface area contributed by atoms with Crippen molar-refractivity contribution in [2.45, 2.75) is 26.9 Å². The summed E-state index contributed by atoms with van der Waals surface area (Å²) in [5.41, 5.74) is 1.15. The molecule has 0 aliphatic rings. The monoisotopic (exact) mass is 226 g/mol. The van der Waals surface area contributed by atoms with E-state index >= 15 is 0 Å². The summed E-state index contributed by atoms with van der Waals surface area (Å²) in [4.78, 5) is 12.3. The van der Waals surface area contributed by atoms with Crippen molar-refractivity contribution in [3.05, 3.63) is 17.5 Å². The molecule has 0 radical (unpaired) electrons. The average Bonchev–Trinajstić information content (AvgIpc) is 2.47. The molecule has 0 aliphatic heterocycles. The first-order valence-electron chi connectivity index (χ1n) is 5.48. The number of aromatic nitrogens is 2. The van der Waals surface area contributed by atoms with Crippen LogP contribution in [0.4, 0.5) is 0 Å². The summed E-state index contributed by atoms with van der Waals surface area (Å²) in [6.45, 7) is 4.84. The maximum Gasteiger partial charge on any atom is 0.339 e. The summed E-state index contributed by atoms with van der Waals surface area (Å²) >= 11 is 0. The number of hydrogen-bond donors (Lipinski definition) is 2. The van der Waals surface area contributed by atoms with Gasteiger partial charge in [0.15, 0.2) is 6.67 Å².